The van der Waals surface area contributed by atoms with Crippen LogP contribution in [0, 0.1) is 17.8 Å². The van der Waals surface area contributed by atoms with Gasteiger partial charge in [0.15, 0.2) is 0 Å². The Labute approximate surface area is 350 Å². The number of nitrogens with one attached hydrogen (secondary N) is 3. The van der Waals surface area contributed by atoms with E-state index in [1.54, 1.807) is 48.0 Å². The molecule has 1 saturated heterocycles. The number of allylic oxidation sites excluding steroid dienone is 1. The van der Waals surface area contributed by atoms with E-state index >= 15 is 0 Å². The van der Waals surface area contributed by atoms with Gasteiger partial charge in [0.2, 0.25) is 39.1 Å². The van der Waals surface area contributed by atoms with Crippen LogP contribution in [0.25, 0.3) is 16.7 Å². The average Bonchev–Trinajstić information content (AvgIpc) is 3.95. The van der Waals surface area contributed by atoms with E-state index in [4.69, 9.17) is 21.1 Å². The second-order valence-corrected chi connectivity index (χ2v) is 20.0. The molecule has 326 valence electrons. The molecule has 7 rings (SSSR count). The van der Waals surface area contributed by atoms with Gasteiger partial charge in [0, 0.05) is 29.8 Å². The molecule has 2 aromatic heterocycles. The van der Waals surface area contributed by atoms with Crippen LogP contribution in [0.15, 0.2) is 42.7 Å². The first-order chi connectivity index (χ1) is 28.1. The molecule has 3 N–H and O–H groups in total. The molecule has 15 nitrogen and oxygen atoms in total. The second kappa shape index (κ2) is 15.7. The first kappa shape index (κ1) is 43.4. The second-order valence-electron chi connectivity index (χ2n) is 17.3. The van der Waals surface area contributed by atoms with E-state index in [9.17, 15) is 40.8 Å². The molecule has 4 aliphatic rings. The van der Waals surface area contributed by atoms with Gasteiger partial charge in [-0.05, 0) is 89.3 Å². The molecule has 0 bridgehead atoms. The zero-order chi connectivity index (χ0) is 43.6. The van der Waals surface area contributed by atoms with Crippen LogP contribution in [0.2, 0.25) is 5.02 Å². The molecule has 0 spiro atoms. The smallest absolute Gasteiger partial charge is 0.427 e. The summed E-state index contributed by atoms with van der Waals surface area (Å²) in [7, 11) is -4.09. The van der Waals surface area contributed by atoms with Crippen molar-refractivity contribution in [2.45, 2.75) is 126 Å². The van der Waals surface area contributed by atoms with Crippen molar-refractivity contribution >= 4 is 62.1 Å². The number of imidazole rings is 1. The molecule has 4 amide bonds. The Morgan fingerprint density at radius 1 is 1.15 bits per heavy atom. The Kier molecular flexibility index (Phi) is 11.3. The maximum absolute atomic E-state index is 15.0. The third kappa shape index (κ3) is 8.35. The van der Waals surface area contributed by atoms with Gasteiger partial charge in [-0.2, -0.15) is 18.2 Å². The van der Waals surface area contributed by atoms with Crippen molar-refractivity contribution in [3.05, 3.63) is 47.8 Å². The quantitative estimate of drug-likeness (QED) is 0.241. The number of carbonyl (C=O) groups is 4. The first-order valence-electron chi connectivity index (χ1n) is 20.1. The number of carbonyl (C=O) groups excluding carboxylic acids is 4. The van der Waals surface area contributed by atoms with Crippen LogP contribution in [0.3, 0.4) is 0 Å². The number of rotatable bonds is 8. The lowest BCUT2D eigenvalue weighted by molar-refractivity contribution is -0.244. The molecule has 1 unspecified atom stereocenters. The fourth-order valence-electron chi connectivity index (χ4n) is 8.12. The summed E-state index contributed by atoms with van der Waals surface area (Å²) in [5.74, 6) is -3.31. The summed E-state index contributed by atoms with van der Waals surface area (Å²) in [5, 5.41) is 6.11. The topological polar surface area (TPSA) is 190 Å². The lowest BCUT2D eigenvalue weighted by atomic mass is 9.85. The van der Waals surface area contributed by atoms with Crippen molar-refractivity contribution in [1.82, 2.24) is 34.6 Å². The monoisotopic (exact) mass is 879 g/mol. The molecular weight excluding hydrogens is 831 g/mol. The Bertz CT molecular complexity index is 2350. The fourth-order valence-corrected chi connectivity index (χ4v) is 9.60. The fraction of sp³-hybridized carbons (Fsp3) is 0.600. The zero-order valence-electron chi connectivity index (χ0n) is 33.8. The van der Waals surface area contributed by atoms with Crippen molar-refractivity contribution in [3.63, 3.8) is 0 Å². The first-order valence-corrected chi connectivity index (χ1v) is 22.0. The predicted molar refractivity (Wildman–Crippen MR) is 213 cm³/mol. The van der Waals surface area contributed by atoms with Gasteiger partial charge in [0.1, 0.15) is 23.7 Å². The molecule has 1 aromatic carbocycles. The van der Waals surface area contributed by atoms with E-state index in [2.05, 4.69) is 25.3 Å². The van der Waals surface area contributed by atoms with Crippen molar-refractivity contribution in [2.75, 3.05) is 6.54 Å². The number of alkyl halides is 3. The van der Waals surface area contributed by atoms with Gasteiger partial charge in [-0.3, -0.25) is 23.5 Å². The van der Waals surface area contributed by atoms with Gasteiger partial charge < -0.3 is 25.0 Å². The number of alkyl carbamates (subject to hydrolysis) is 1. The van der Waals surface area contributed by atoms with E-state index in [-0.39, 0.29) is 31.2 Å². The lowest BCUT2D eigenvalue weighted by Crippen LogP contribution is -2.60. The highest BCUT2D eigenvalue weighted by molar-refractivity contribution is 7.91. The molecule has 20 heteroatoms. The van der Waals surface area contributed by atoms with Crippen LogP contribution >= 0.6 is 11.6 Å². The third-order valence-corrected chi connectivity index (χ3v) is 14.9. The number of nitrogens with zero attached hydrogens (tertiary/aromatic N) is 4. The number of sulfonamides is 1. The van der Waals surface area contributed by atoms with Gasteiger partial charge in [-0.1, -0.05) is 44.0 Å². The van der Waals surface area contributed by atoms with Gasteiger partial charge in [0.25, 0.3) is 5.91 Å². The summed E-state index contributed by atoms with van der Waals surface area (Å²) in [4.78, 5) is 66.9. The van der Waals surface area contributed by atoms with Crippen molar-refractivity contribution in [3.8, 4) is 5.88 Å². The maximum Gasteiger partial charge on any atom is 0.427 e. The van der Waals surface area contributed by atoms with Gasteiger partial charge in [-0.15, -0.1) is 0 Å². The highest BCUT2D eigenvalue weighted by Crippen LogP contribution is 2.48. The number of ether oxygens (including phenoxy) is 2. The van der Waals surface area contributed by atoms with Gasteiger partial charge in [0.05, 0.1) is 22.2 Å². The van der Waals surface area contributed by atoms with Crippen LogP contribution in [0.1, 0.15) is 86.0 Å². The van der Waals surface area contributed by atoms with E-state index in [1.807, 2.05) is 13.0 Å². The Hall–Kier alpha value is -4.65. The molecule has 2 saturated carbocycles. The number of amides is 4. The molecule has 3 fully saturated rings. The Morgan fingerprint density at radius 3 is 2.57 bits per heavy atom. The molecule has 2 aliphatic heterocycles. The number of aromatic nitrogens is 3. The van der Waals surface area contributed by atoms with E-state index in [0.29, 0.717) is 74.1 Å². The van der Waals surface area contributed by atoms with Crippen molar-refractivity contribution < 1.29 is 50.2 Å². The molecule has 4 heterocycles. The van der Waals surface area contributed by atoms with E-state index < -0.39 is 85.9 Å². The molecule has 2 aliphatic carbocycles. The minimum absolute atomic E-state index is 0.0462. The van der Waals surface area contributed by atoms with Gasteiger partial charge in [-0.25, -0.2) is 18.2 Å². The summed E-state index contributed by atoms with van der Waals surface area (Å²) >= 11 is 6.39. The number of halogens is 4. The van der Waals surface area contributed by atoms with Crippen LogP contribution in [-0.2, 0) is 29.1 Å². The summed E-state index contributed by atoms with van der Waals surface area (Å²) in [6, 6.07) is 2.28. The highest BCUT2D eigenvalue weighted by Gasteiger charge is 2.63. The maximum atomic E-state index is 15.0. The highest BCUT2D eigenvalue weighted by atomic mass is 35.5. The van der Waals surface area contributed by atoms with Gasteiger partial charge >= 0.3 is 12.3 Å². The van der Waals surface area contributed by atoms with Crippen molar-refractivity contribution in [1.29, 1.82) is 0 Å². The summed E-state index contributed by atoms with van der Waals surface area (Å²) in [5.41, 5.74) is -3.91. The molecular formula is C40H49ClF3N7O8S. The van der Waals surface area contributed by atoms with E-state index in [1.165, 1.54) is 11.8 Å². The molecule has 60 heavy (non-hydrogen) atoms. The Morgan fingerprint density at radius 2 is 1.88 bits per heavy atom. The summed E-state index contributed by atoms with van der Waals surface area (Å²) in [6.45, 7) is 6.42. The number of fused-ring (bicyclic) bond motifs is 5. The number of hydrogen-bond donors (Lipinski definition) is 3. The van der Waals surface area contributed by atoms with Crippen LogP contribution in [0.5, 0.6) is 5.88 Å². The summed E-state index contributed by atoms with van der Waals surface area (Å²) < 4.78 is 82.1. The van der Waals surface area contributed by atoms with Crippen LogP contribution < -0.4 is 20.1 Å². The lowest BCUT2D eigenvalue weighted by Gasteiger charge is -2.35. The Balaban J connectivity index is 1.26. The normalized spacial score (nSPS) is 29.1. The van der Waals surface area contributed by atoms with Crippen molar-refractivity contribution in [2.24, 2.45) is 17.8 Å². The van der Waals surface area contributed by atoms with Crippen LogP contribution in [0.4, 0.5) is 18.0 Å². The molecule has 3 aromatic rings. The van der Waals surface area contributed by atoms with Crippen LogP contribution in [-0.4, -0.2) is 98.3 Å². The standard InChI is InChI=1S/C40H49ClF3N7O8S/c1-6-23-17-22(2)9-7-8-10-24-20-39(24,34(54)49-60(56,57)38(5)13-14-38)48-31(52)29-19-26(21-51(29)33(53)30(23)46-36(55)59-37(3,4)40(42,43)44)58-32-27-18-25(41)11-12-28(27)50-16-15-45-35(50)47-32/h8,10-12,15-16,18,22-24,26,29-30H,6-7,9,13-14,17,19-21H2,1-5H3,(H,46,55)(H,48,52)(H,49,54)/b10-8-/t22-,23-,24?,26-,29+,30+,39-/m1/s1. The minimum Gasteiger partial charge on any atom is -0.472 e. The van der Waals surface area contributed by atoms with E-state index in [0.717, 1.165) is 0 Å². The number of benzene rings is 1. The SMILES string of the molecule is CC[C@@H]1C[C@H](C)CC/C=C\C2C[C@@]2(C(=O)NS(=O)(=O)C2(C)CC2)NC(=O)[C@@H]2C[C@@H](Oc3nc4nccn4c4ccc(Cl)cc34)CN2C(=O)[C@H]1NC(=O)OC(C)(C)C(F)(F)F. The predicted octanol–water partition coefficient (Wildman–Crippen LogP) is 5.60. The zero-order valence-corrected chi connectivity index (χ0v) is 35.4. The average molecular weight is 880 g/mol. The largest absolute Gasteiger partial charge is 0.472 e. The summed E-state index contributed by atoms with van der Waals surface area (Å²) in [6.07, 6.45) is 2.11. The number of hydrogen-bond acceptors (Lipinski definition) is 10. The molecule has 0 radical (unpaired) electrons. The molecule has 7 atom stereocenters. The minimum atomic E-state index is -4.93. The third-order valence-electron chi connectivity index (χ3n) is 12.5.